The molecule has 2 heterocycles. The average molecular weight is 276 g/mol. The second kappa shape index (κ2) is 4.84. The summed E-state index contributed by atoms with van der Waals surface area (Å²) in [6, 6.07) is 7.77. The molecule has 0 amide bonds. The largest absolute Gasteiger partial charge is 0.292 e. The summed E-state index contributed by atoms with van der Waals surface area (Å²) in [6.07, 6.45) is 0. The van der Waals surface area contributed by atoms with Gasteiger partial charge in [0.1, 0.15) is 10.5 Å². The highest BCUT2D eigenvalue weighted by atomic mass is 32.2. The second-order valence-electron chi connectivity index (χ2n) is 3.32. The Morgan fingerprint density at radius 3 is 2.89 bits per heavy atom. The zero-order chi connectivity index (χ0) is 12.4. The lowest BCUT2D eigenvalue weighted by Gasteiger charge is -2.05. The lowest BCUT2D eigenvalue weighted by atomic mass is 10.2. The van der Waals surface area contributed by atoms with Gasteiger partial charge in [0.2, 0.25) is 5.95 Å². The number of para-hydroxylation sites is 1. The van der Waals surface area contributed by atoms with Crippen LogP contribution in [0.1, 0.15) is 0 Å². The maximum Gasteiger partial charge on any atom is 0.238 e. The normalized spacial score (nSPS) is 10.7. The molecule has 0 saturated heterocycles. The fourth-order valence-electron chi connectivity index (χ4n) is 1.48. The topological polar surface area (TPSA) is 89.6 Å². The van der Waals surface area contributed by atoms with E-state index >= 15 is 0 Å². The van der Waals surface area contributed by atoms with E-state index in [9.17, 15) is 0 Å². The van der Waals surface area contributed by atoms with Crippen molar-refractivity contribution in [2.75, 3.05) is 5.43 Å². The van der Waals surface area contributed by atoms with Crippen LogP contribution in [0.4, 0.5) is 5.95 Å². The Balaban J connectivity index is 2.13. The van der Waals surface area contributed by atoms with Crippen LogP contribution in [0.5, 0.6) is 0 Å². The first-order chi connectivity index (χ1) is 8.86. The number of hydrogen-bond acceptors (Lipinski definition) is 8. The molecular weight excluding hydrogens is 268 g/mol. The number of hydrazine groups is 1. The average Bonchev–Trinajstić information content (AvgIpc) is 2.91. The molecule has 0 unspecified atom stereocenters. The Labute approximate surface area is 111 Å². The predicted octanol–water partition coefficient (Wildman–Crippen LogP) is 1.92. The molecule has 2 aromatic heterocycles. The zero-order valence-corrected chi connectivity index (χ0v) is 10.7. The number of aromatic nitrogens is 4. The number of rotatable bonds is 3. The van der Waals surface area contributed by atoms with Crippen LogP contribution in [0.25, 0.3) is 10.9 Å². The van der Waals surface area contributed by atoms with Gasteiger partial charge in [-0.15, -0.1) is 10.2 Å². The van der Waals surface area contributed by atoms with E-state index < -0.39 is 0 Å². The molecule has 0 aliphatic carbocycles. The number of nitrogens with zero attached hydrogens (tertiary/aromatic N) is 4. The molecule has 3 N–H and O–H groups in total. The summed E-state index contributed by atoms with van der Waals surface area (Å²) in [6.45, 7) is 0. The molecule has 0 bridgehead atoms. The number of benzene rings is 1. The molecule has 0 radical (unpaired) electrons. The molecule has 3 aromatic rings. The highest BCUT2D eigenvalue weighted by molar-refractivity contribution is 8.01. The monoisotopic (exact) mass is 276 g/mol. The van der Waals surface area contributed by atoms with E-state index in [1.165, 1.54) is 23.1 Å². The van der Waals surface area contributed by atoms with Gasteiger partial charge in [0, 0.05) is 5.39 Å². The maximum atomic E-state index is 5.37. The lowest BCUT2D eigenvalue weighted by molar-refractivity contribution is 1.00. The quantitative estimate of drug-likeness (QED) is 0.429. The molecule has 0 spiro atoms. The molecule has 0 aliphatic heterocycles. The van der Waals surface area contributed by atoms with Crippen LogP contribution in [0.15, 0.2) is 39.1 Å². The van der Waals surface area contributed by atoms with E-state index in [-0.39, 0.29) is 0 Å². The summed E-state index contributed by atoms with van der Waals surface area (Å²) in [4.78, 5) is 8.64. The maximum absolute atomic E-state index is 5.37. The van der Waals surface area contributed by atoms with E-state index in [4.69, 9.17) is 5.84 Å². The Kier molecular flexibility index (Phi) is 3.05. The molecule has 0 saturated carbocycles. The smallest absolute Gasteiger partial charge is 0.238 e. The predicted molar refractivity (Wildman–Crippen MR) is 71.4 cm³/mol. The van der Waals surface area contributed by atoms with Crippen molar-refractivity contribution in [2.24, 2.45) is 5.84 Å². The Morgan fingerprint density at radius 1 is 1.22 bits per heavy atom. The molecule has 6 nitrogen and oxygen atoms in total. The third kappa shape index (κ3) is 2.13. The summed E-state index contributed by atoms with van der Waals surface area (Å²) in [5.74, 6) is 5.76. The minimum absolute atomic E-state index is 0.390. The molecule has 0 atom stereocenters. The molecule has 8 heteroatoms. The zero-order valence-electron chi connectivity index (χ0n) is 9.07. The standard InChI is InChI=1S/C10H8N6S2/c11-15-9-13-7-4-2-1-3-6(7)8(14-9)18-10-16-12-5-17-10/h1-5H,11H2,(H,13,14,15). The van der Waals surface area contributed by atoms with Crippen molar-refractivity contribution in [3.05, 3.63) is 29.8 Å². The van der Waals surface area contributed by atoms with Gasteiger partial charge in [0.15, 0.2) is 4.34 Å². The number of hydrogen-bond donors (Lipinski definition) is 2. The van der Waals surface area contributed by atoms with E-state index in [1.807, 2.05) is 24.3 Å². The van der Waals surface area contributed by atoms with E-state index in [2.05, 4.69) is 25.6 Å². The Hall–Kier alpha value is -1.77. The van der Waals surface area contributed by atoms with Crippen molar-refractivity contribution >= 4 is 39.9 Å². The highest BCUT2D eigenvalue weighted by Crippen LogP contribution is 2.32. The van der Waals surface area contributed by atoms with Gasteiger partial charge < -0.3 is 0 Å². The van der Waals surface area contributed by atoms with Crippen LogP contribution in [0.2, 0.25) is 0 Å². The van der Waals surface area contributed by atoms with Gasteiger partial charge in [-0.2, -0.15) is 0 Å². The lowest BCUT2D eigenvalue weighted by Crippen LogP contribution is -2.10. The summed E-state index contributed by atoms with van der Waals surface area (Å²) in [7, 11) is 0. The summed E-state index contributed by atoms with van der Waals surface area (Å²) in [5, 5.41) is 9.58. The molecule has 3 rings (SSSR count). The van der Waals surface area contributed by atoms with Crippen LogP contribution < -0.4 is 11.3 Å². The Morgan fingerprint density at radius 2 is 2.11 bits per heavy atom. The van der Waals surface area contributed by atoms with Crippen LogP contribution in [-0.4, -0.2) is 20.2 Å². The van der Waals surface area contributed by atoms with Gasteiger partial charge in [-0.3, -0.25) is 5.43 Å². The number of anilines is 1. The van der Waals surface area contributed by atoms with E-state index in [0.29, 0.717) is 5.95 Å². The number of nitrogens with two attached hydrogens (primary N) is 1. The van der Waals surface area contributed by atoms with Gasteiger partial charge in [0.25, 0.3) is 0 Å². The fourth-order valence-corrected chi connectivity index (χ4v) is 2.99. The molecule has 0 aliphatic rings. The minimum Gasteiger partial charge on any atom is -0.292 e. The van der Waals surface area contributed by atoms with Crippen LogP contribution in [0, 0.1) is 0 Å². The third-order valence-corrected chi connectivity index (χ3v) is 4.00. The number of nitrogens with one attached hydrogen (secondary N) is 1. The molecule has 1 aromatic carbocycles. The van der Waals surface area contributed by atoms with Crippen molar-refractivity contribution in [1.82, 2.24) is 20.2 Å². The summed E-state index contributed by atoms with van der Waals surface area (Å²) < 4.78 is 0.835. The molecule has 90 valence electrons. The van der Waals surface area contributed by atoms with Crippen LogP contribution >= 0.6 is 23.1 Å². The minimum atomic E-state index is 0.390. The third-order valence-electron chi connectivity index (χ3n) is 2.22. The summed E-state index contributed by atoms with van der Waals surface area (Å²) in [5.41, 5.74) is 5.00. The molecule has 18 heavy (non-hydrogen) atoms. The van der Waals surface area contributed by atoms with Gasteiger partial charge >= 0.3 is 0 Å². The van der Waals surface area contributed by atoms with Gasteiger partial charge in [-0.05, 0) is 17.8 Å². The molecular formula is C10H8N6S2. The SMILES string of the molecule is NNc1nc(Sc2nncs2)c2ccccc2n1. The Bertz CT molecular complexity index is 669. The van der Waals surface area contributed by atoms with Crippen molar-refractivity contribution in [3.63, 3.8) is 0 Å². The van der Waals surface area contributed by atoms with Gasteiger partial charge in [-0.25, -0.2) is 15.8 Å². The first-order valence-electron chi connectivity index (χ1n) is 5.04. The fraction of sp³-hybridized carbons (Fsp3) is 0. The van der Waals surface area contributed by atoms with Gasteiger partial charge in [-0.1, -0.05) is 29.5 Å². The van der Waals surface area contributed by atoms with Crippen molar-refractivity contribution in [1.29, 1.82) is 0 Å². The van der Waals surface area contributed by atoms with Crippen LogP contribution in [-0.2, 0) is 0 Å². The summed E-state index contributed by atoms with van der Waals surface area (Å²) >= 11 is 2.92. The van der Waals surface area contributed by atoms with Crippen LogP contribution in [0.3, 0.4) is 0 Å². The van der Waals surface area contributed by atoms with Crippen molar-refractivity contribution < 1.29 is 0 Å². The van der Waals surface area contributed by atoms with Crippen molar-refractivity contribution in [2.45, 2.75) is 9.37 Å². The van der Waals surface area contributed by atoms with Gasteiger partial charge in [0.05, 0.1) is 5.52 Å². The second-order valence-corrected chi connectivity index (χ2v) is 5.39. The van der Waals surface area contributed by atoms with Crippen molar-refractivity contribution in [3.8, 4) is 0 Å². The number of nitrogen functional groups attached to an aromatic ring is 1. The first kappa shape index (κ1) is 11.3. The highest BCUT2D eigenvalue weighted by Gasteiger charge is 2.10. The number of fused-ring (bicyclic) bond motifs is 1. The first-order valence-corrected chi connectivity index (χ1v) is 6.74. The van der Waals surface area contributed by atoms with E-state index in [0.717, 1.165) is 20.3 Å². The molecule has 0 fully saturated rings. The van der Waals surface area contributed by atoms with E-state index in [1.54, 1.807) is 5.51 Å².